The molecule has 2 nitrogen and oxygen atoms in total. The van der Waals surface area contributed by atoms with E-state index < -0.39 is 144 Å². The zero-order chi connectivity index (χ0) is 44.2. The first-order valence-corrected chi connectivity index (χ1v) is 15.8. The van der Waals surface area contributed by atoms with E-state index in [2.05, 4.69) is 34.3 Å². The largest absolute Gasteiger partial charge is 0.252 e. The van der Waals surface area contributed by atoms with E-state index >= 15 is 35.1 Å². The Bertz CT molecular complexity index is 2260. The maximum absolute atomic E-state index is 15.4. The zero-order valence-electron chi connectivity index (χ0n) is 27.8. The fraction of sp³-hybridized carbons (Fsp3) is 0.0286. The fourth-order valence-corrected chi connectivity index (χ4v) is 6.29. The molecule has 0 aliphatic carbocycles. The molecule has 0 spiro atoms. The third-order valence-electron chi connectivity index (χ3n) is 8.70. The van der Waals surface area contributed by atoms with Gasteiger partial charge in [-0.15, -0.1) is 34.5 Å². The first-order chi connectivity index (χ1) is 27.5. The highest BCUT2D eigenvalue weighted by Gasteiger charge is 2.52. The van der Waals surface area contributed by atoms with Crippen LogP contribution >= 0.6 is 12.6 Å². The van der Waals surface area contributed by atoms with Gasteiger partial charge in [0, 0.05) is 10.5 Å². The third-order valence-corrected chi connectivity index (χ3v) is 9.00. The van der Waals surface area contributed by atoms with Crippen LogP contribution in [0.2, 0.25) is 0 Å². The number of benzene rings is 5. The monoisotopic (exact) mass is 882 g/mol. The second-order valence-corrected chi connectivity index (χ2v) is 12.4. The molecule has 0 aliphatic rings. The van der Waals surface area contributed by atoms with E-state index in [1.54, 1.807) is 12.4 Å². The molecule has 0 unspecified atom stereocenters. The van der Waals surface area contributed by atoms with E-state index in [0.29, 0.717) is 0 Å². The number of hydrogen-bond acceptors (Lipinski definition) is 2. The predicted octanol–water partition coefficient (Wildman–Crippen LogP) is 7.55. The molecule has 6 aromatic rings. The Balaban J connectivity index is 0.000000395. The molecular weight excluding hydrogens is 871 g/mol. The van der Waals surface area contributed by atoms with Gasteiger partial charge in [0.15, 0.2) is 88.7 Å². The minimum atomic E-state index is -7.22. The van der Waals surface area contributed by atoms with Crippen LogP contribution in [0.5, 0.6) is 0 Å². The molecule has 310 valence electrons. The molecule has 1 aromatic heterocycles. The van der Waals surface area contributed by atoms with Crippen LogP contribution in [0.25, 0.3) is 0 Å². The first kappa shape index (κ1) is 44.3. The van der Waals surface area contributed by atoms with Crippen LogP contribution in [0, 0.1) is 116 Å². The van der Waals surface area contributed by atoms with Gasteiger partial charge >= 0.3 is 0 Å². The second-order valence-electron chi connectivity index (χ2n) is 11.9. The Hall–Kier alpha value is -5.81. The number of hydrogen-bond donors (Lipinski definition) is 1. The van der Waals surface area contributed by atoms with Gasteiger partial charge in [0.1, 0.15) is 52.7 Å². The van der Waals surface area contributed by atoms with Crippen molar-refractivity contribution in [3.8, 4) is 0 Å². The summed E-state index contributed by atoms with van der Waals surface area (Å²) in [5, 5.41) is 0. The van der Waals surface area contributed by atoms with Crippen molar-refractivity contribution < 1.29 is 92.4 Å². The molecule has 24 heteroatoms. The van der Waals surface area contributed by atoms with Crippen molar-refractivity contribution in [3.05, 3.63) is 171 Å². The predicted molar refractivity (Wildman–Crippen MR) is 166 cm³/mol. The van der Waals surface area contributed by atoms with E-state index in [4.69, 9.17) is 0 Å². The minimum absolute atomic E-state index is 0.872. The molecule has 0 amide bonds. The molecule has 0 N–H and O–H groups in total. The number of rotatable bonds is 6. The topological polar surface area (TPSA) is 16.8 Å². The van der Waals surface area contributed by atoms with Gasteiger partial charge in [0.25, 0.3) is 0 Å². The van der Waals surface area contributed by atoms with Crippen LogP contribution in [0.15, 0.2) is 53.9 Å². The maximum atomic E-state index is 15.4. The number of halogens is 20. The van der Waals surface area contributed by atoms with Gasteiger partial charge in [0.2, 0.25) is 0 Å². The minimum Gasteiger partial charge on any atom is -0.252 e. The van der Waals surface area contributed by atoms with Crippen LogP contribution in [0.1, 0.15) is 5.56 Å². The van der Waals surface area contributed by atoms with Crippen LogP contribution in [0.4, 0.5) is 87.8 Å². The normalized spacial score (nSPS) is 11.5. The molecule has 0 radical (unpaired) electrons. The molecule has 59 heavy (non-hydrogen) atoms. The Morgan fingerprint density at radius 3 is 0.814 bits per heavy atom. The summed E-state index contributed by atoms with van der Waals surface area (Å²) in [6.07, 6.45) is 0.258. The molecule has 0 aliphatic heterocycles. The van der Waals surface area contributed by atoms with E-state index in [1.807, 2.05) is 24.5 Å². The number of thiol groups is 1. The van der Waals surface area contributed by atoms with Crippen LogP contribution < -0.4 is 26.4 Å². The Morgan fingerprint density at radius 1 is 0.356 bits per heavy atom. The Morgan fingerprint density at radius 2 is 0.576 bits per heavy atom. The summed E-state index contributed by atoms with van der Waals surface area (Å²) in [5.74, 6) is -71.4. The van der Waals surface area contributed by atoms with E-state index in [0.717, 1.165) is 11.4 Å². The smallest absolute Gasteiger partial charge is 0.200 e. The lowest BCUT2D eigenvalue weighted by Crippen LogP contribution is -2.81. The summed E-state index contributed by atoms with van der Waals surface area (Å²) in [6, 6.07) is 8.16. The van der Waals surface area contributed by atoms with Gasteiger partial charge < -0.3 is 0 Å². The highest BCUT2D eigenvalue weighted by Crippen LogP contribution is 2.30. The Kier molecular flexibility index (Phi) is 12.4. The lowest BCUT2D eigenvalue weighted by molar-refractivity contribution is -0.688. The van der Waals surface area contributed by atoms with E-state index in [1.165, 1.54) is 5.56 Å². The van der Waals surface area contributed by atoms with Crippen molar-refractivity contribution in [1.82, 2.24) is 4.98 Å². The van der Waals surface area contributed by atoms with E-state index in [9.17, 15) is 52.7 Å². The lowest BCUT2D eigenvalue weighted by Gasteiger charge is -2.44. The van der Waals surface area contributed by atoms with Crippen LogP contribution in [-0.2, 0) is 6.54 Å². The van der Waals surface area contributed by atoms with Crippen LogP contribution in [-0.4, -0.2) is 11.1 Å². The molecule has 0 atom stereocenters. The van der Waals surface area contributed by atoms with Crippen molar-refractivity contribution in [3.63, 3.8) is 0 Å². The van der Waals surface area contributed by atoms with Gasteiger partial charge in [-0.2, -0.15) is 4.57 Å². The molecule has 0 bridgehead atoms. The highest BCUT2D eigenvalue weighted by atomic mass is 32.1. The number of nitrogens with zero attached hydrogens (tertiary/aromatic N) is 2. The quantitative estimate of drug-likeness (QED) is 0.0457. The van der Waals surface area contributed by atoms with Crippen molar-refractivity contribution in [2.24, 2.45) is 0 Å². The average Bonchev–Trinajstić information content (AvgIpc) is 3.22. The lowest BCUT2D eigenvalue weighted by atomic mass is 9.12. The SMILES string of the molecule is Fc1c(F)c(F)c([B-](c2c(F)c(F)c(F)c(F)c2F)(c2c(F)c(F)c(F)c(F)c2F)c2c(F)c(F)c(F)c(F)c2F)c(F)c1F.Sc1ccc(C[n+]2ccncc2)cc1. The zero-order valence-corrected chi connectivity index (χ0v) is 28.7. The molecule has 0 fully saturated rings. The summed E-state index contributed by atoms with van der Waals surface area (Å²) >= 11 is 4.24. The van der Waals surface area contributed by atoms with Gasteiger partial charge in [-0.25, -0.2) is 87.8 Å². The van der Waals surface area contributed by atoms with Crippen molar-refractivity contribution >= 4 is 40.6 Å². The summed E-state index contributed by atoms with van der Waals surface area (Å²) in [5.41, 5.74) is -13.1. The van der Waals surface area contributed by atoms with Crippen molar-refractivity contribution in [1.29, 1.82) is 0 Å². The molecule has 1 heterocycles. The van der Waals surface area contributed by atoms with Crippen molar-refractivity contribution in [2.45, 2.75) is 11.4 Å². The summed E-state index contributed by atoms with van der Waals surface area (Å²) in [4.78, 5) is 4.96. The van der Waals surface area contributed by atoms with Gasteiger partial charge in [-0.1, -0.05) is 12.1 Å². The molecule has 0 saturated carbocycles. The van der Waals surface area contributed by atoms with Gasteiger partial charge in [-0.05, 0) is 12.1 Å². The molecule has 5 aromatic carbocycles. The fourth-order valence-electron chi connectivity index (χ4n) is 6.14. The average molecular weight is 882 g/mol. The van der Waals surface area contributed by atoms with Gasteiger partial charge in [-0.3, -0.25) is 4.98 Å². The van der Waals surface area contributed by atoms with Crippen LogP contribution in [0.3, 0.4) is 0 Å². The molecule has 0 saturated heterocycles. The molecular formula is C35H11BF20N2S. The standard InChI is InChI=1S/C24BF20.C11H10N2S/c26-5-1(6(27)14(35)21(42)13(5)34)25(2-7(28)15(36)22(43)16(37)8(2)29,3-9(30)17(38)23(44)18(39)10(3)31)4-11(32)19(40)24(45)20(41)12(4)33;14-11-3-1-10(2-4-11)9-13-7-5-12-6-8-13/h;1-8H,9H2/q-1;/p+1. The summed E-state index contributed by atoms with van der Waals surface area (Å²) in [7, 11) is 0. The Labute approximate surface area is 320 Å². The number of aromatic nitrogens is 2. The highest BCUT2D eigenvalue weighted by molar-refractivity contribution is 7.80. The third kappa shape index (κ3) is 7.09. The molecule has 6 rings (SSSR count). The maximum Gasteiger partial charge on any atom is 0.200 e. The van der Waals surface area contributed by atoms with Gasteiger partial charge in [0.05, 0.1) is 12.4 Å². The first-order valence-electron chi connectivity index (χ1n) is 15.3. The second kappa shape index (κ2) is 16.4. The summed E-state index contributed by atoms with van der Waals surface area (Å²) < 4.78 is 296. The van der Waals surface area contributed by atoms with E-state index in [-0.39, 0.29) is 0 Å². The summed E-state index contributed by atoms with van der Waals surface area (Å²) in [6.45, 7) is 0.872. The van der Waals surface area contributed by atoms with Crippen molar-refractivity contribution in [2.75, 3.05) is 0 Å².